The summed E-state index contributed by atoms with van der Waals surface area (Å²) in [5, 5.41) is 0. The molecule has 1 aromatic carbocycles. The maximum absolute atomic E-state index is 13.7. The number of aromatic nitrogens is 1. The van der Waals surface area contributed by atoms with Gasteiger partial charge in [0, 0.05) is 24.9 Å². The van der Waals surface area contributed by atoms with Gasteiger partial charge in [0.2, 0.25) is 0 Å². The van der Waals surface area contributed by atoms with Crippen LogP contribution >= 0.6 is 0 Å². The standard InChI is InChI=1S/C12H11FN2O/c1-15-6-5-8(7-11(15)16)9-3-2-4-10(14)12(9)13/h2-7H,14H2,1H3. The predicted octanol–water partition coefficient (Wildman–Crippen LogP) is 1.77. The highest BCUT2D eigenvalue weighted by molar-refractivity contribution is 5.67. The Balaban J connectivity index is 2.63. The van der Waals surface area contributed by atoms with E-state index in [1.54, 1.807) is 31.4 Å². The van der Waals surface area contributed by atoms with Crippen molar-refractivity contribution >= 4 is 5.69 Å². The summed E-state index contributed by atoms with van der Waals surface area (Å²) in [7, 11) is 1.64. The largest absolute Gasteiger partial charge is 0.396 e. The van der Waals surface area contributed by atoms with Gasteiger partial charge < -0.3 is 10.3 Å². The molecule has 16 heavy (non-hydrogen) atoms. The molecule has 0 saturated carbocycles. The molecule has 2 rings (SSSR count). The van der Waals surface area contributed by atoms with Crippen molar-refractivity contribution in [3.63, 3.8) is 0 Å². The van der Waals surface area contributed by atoms with E-state index in [4.69, 9.17) is 5.73 Å². The number of anilines is 1. The number of rotatable bonds is 1. The van der Waals surface area contributed by atoms with Crippen LogP contribution in [0.2, 0.25) is 0 Å². The van der Waals surface area contributed by atoms with Crippen LogP contribution in [0, 0.1) is 5.82 Å². The Morgan fingerprint density at radius 2 is 2.06 bits per heavy atom. The summed E-state index contributed by atoms with van der Waals surface area (Å²) in [6.07, 6.45) is 1.60. The van der Waals surface area contributed by atoms with E-state index in [0.717, 1.165) is 0 Å². The van der Waals surface area contributed by atoms with Crippen molar-refractivity contribution in [2.75, 3.05) is 5.73 Å². The molecule has 0 saturated heterocycles. The Hall–Kier alpha value is -2.10. The summed E-state index contributed by atoms with van der Waals surface area (Å²) in [5.74, 6) is -0.490. The second-order valence-corrected chi connectivity index (χ2v) is 3.57. The first-order valence-corrected chi connectivity index (χ1v) is 4.80. The average molecular weight is 218 g/mol. The Bertz CT molecular complexity index is 590. The van der Waals surface area contributed by atoms with Crippen LogP contribution in [0.3, 0.4) is 0 Å². The molecule has 0 fully saturated rings. The molecular weight excluding hydrogens is 207 g/mol. The van der Waals surface area contributed by atoms with Crippen molar-refractivity contribution in [3.8, 4) is 11.1 Å². The molecule has 2 aromatic rings. The van der Waals surface area contributed by atoms with E-state index < -0.39 is 5.82 Å². The van der Waals surface area contributed by atoms with Crippen molar-refractivity contribution in [2.24, 2.45) is 7.05 Å². The lowest BCUT2D eigenvalue weighted by atomic mass is 10.1. The number of hydrogen-bond acceptors (Lipinski definition) is 2. The normalized spacial score (nSPS) is 10.4. The molecule has 1 heterocycles. The molecule has 0 aliphatic rings. The summed E-state index contributed by atoms with van der Waals surface area (Å²) in [6, 6.07) is 7.81. The second-order valence-electron chi connectivity index (χ2n) is 3.57. The van der Waals surface area contributed by atoms with Gasteiger partial charge in [-0.3, -0.25) is 4.79 Å². The SMILES string of the molecule is Cn1ccc(-c2cccc(N)c2F)cc1=O. The monoisotopic (exact) mass is 218 g/mol. The molecule has 0 atom stereocenters. The molecular formula is C12H11FN2O. The highest BCUT2D eigenvalue weighted by Gasteiger charge is 2.08. The minimum absolute atomic E-state index is 0.0816. The van der Waals surface area contributed by atoms with Gasteiger partial charge in [-0.2, -0.15) is 0 Å². The van der Waals surface area contributed by atoms with Crippen molar-refractivity contribution in [2.45, 2.75) is 0 Å². The number of nitrogens with two attached hydrogens (primary N) is 1. The van der Waals surface area contributed by atoms with Gasteiger partial charge in [-0.1, -0.05) is 12.1 Å². The van der Waals surface area contributed by atoms with Crippen LogP contribution in [0.1, 0.15) is 0 Å². The van der Waals surface area contributed by atoms with Crippen LogP contribution in [-0.4, -0.2) is 4.57 Å². The fourth-order valence-electron chi connectivity index (χ4n) is 1.49. The molecule has 0 bridgehead atoms. The Kier molecular flexibility index (Phi) is 2.48. The van der Waals surface area contributed by atoms with E-state index >= 15 is 0 Å². The third kappa shape index (κ3) is 1.69. The Morgan fingerprint density at radius 1 is 1.31 bits per heavy atom. The number of pyridine rings is 1. The lowest BCUT2D eigenvalue weighted by molar-refractivity contribution is 0.636. The van der Waals surface area contributed by atoms with E-state index in [1.807, 2.05) is 0 Å². The van der Waals surface area contributed by atoms with E-state index in [1.165, 1.54) is 16.7 Å². The number of aryl methyl sites for hydroxylation is 1. The van der Waals surface area contributed by atoms with Gasteiger partial charge in [0.25, 0.3) is 5.56 Å². The van der Waals surface area contributed by atoms with Crippen LogP contribution in [0.15, 0.2) is 41.3 Å². The van der Waals surface area contributed by atoms with Gasteiger partial charge in [0.15, 0.2) is 5.82 Å². The zero-order valence-corrected chi connectivity index (χ0v) is 8.77. The first-order valence-electron chi connectivity index (χ1n) is 4.80. The molecule has 3 nitrogen and oxygen atoms in total. The number of hydrogen-bond donors (Lipinski definition) is 1. The lowest BCUT2D eigenvalue weighted by Gasteiger charge is -2.05. The van der Waals surface area contributed by atoms with Crippen molar-refractivity contribution in [1.29, 1.82) is 0 Å². The predicted molar refractivity (Wildman–Crippen MR) is 61.5 cm³/mol. The highest BCUT2D eigenvalue weighted by Crippen LogP contribution is 2.24. The van der Waals surface area contributed by atoms with E-state index in [9.17, 15) is 9.18 Å². The first-order chi connectivity index (χ1) is 7.59. The molecule has 0 amide bonds. The lowest BCUT2D eigenvalue weighted by Crippen LogP contribution is -2.14. The summed E-state index contributed by atoms with van der Waals surface area (Å²) >= 11 is 0. The number of halogens is 1. The molecule has 0 unspecified atom stereocenters. The van der Waals surface area contributed by atoms with Crippen molar-refractivity contribution in [3.05, 3.63) is 52.7 Å². The second kappa shape index (κ2) is 3.81. The molecule has 2 N–H and O–H groups in total. The molecule has 82 valence electrons. The molecule has 1 aromatic heterocycles. The topological polar surface area (TPSA) is 48.0 Å². The van der Waals surface area contributed by atoms with Gasteiger partial charge in [-0.25, -0.2) is 4.39 Å². The third-order valence-electron chi connectivity index (χ3n) is 2.44. The fraction of sp³-hybridized carbons (Fsp3) is 0.0833. The zero-order valence-electron chi connectivity index (χ0n) is 8.77. The maximum atomic E-state index is 13.7. The van der Waals surface area contributed by atoms with E-state index in [0.29, 0.717) is 11.1 Å². The zero-order chi connectivity index (χ0) is 11.7. The van der Waals surface area contributed by atoms with Gasteiger partial charge in [-0.15, -0.1) is 0 Å². The van der Waals surface area contributed by atoms with Crippen LogP contribution in [0.5, 0.6) is 0 Å². The summed E-state index contributed by atoms with van der Waals surface area (Å²) in [5.41, 5.74) is 6.25. The Labute approximate surface area is 92.0 Å². The molecule has 4 heteroatoms. The highest BCUT2D eigenvalue weighted by atomic mass is 19.1. The van der Waals surface area contributed by atoms with Crippen molar-refractivity contribution in [1.82, 2.24) is 4.57 Å². The van der Waals surface area contributed by atoms with Crippen LogP contribution in [0.4, 0.5) is 10.1 Å². The van der Waals surface area contributed by atoms with E-state index in [2.05, 4.69) is 0 Å². The minimum atomic E-state index is -0.490. The number of nitrogens with zero attached hydrogens (tertiary/aromatic N) is 1. The van der Waals surface area contributed by atoms with Gasteiger partial charge in [-0.05, 0) is 17.7 Å². The number of nitrogen functional groups attached to an aromatic ring is 1. The molecule has 0 aliphatic heterocycles. The van der Waals surface area contributed by atoms with Gasteiger partial charge >= 0.3 is 0 Å². The van der Waals surface area contributed by atoms with E-state index in [-0.39, 0.29) is 11.2 Å². The molecule has 0 aliphatic carbocycles. The summed E-state index contributed by atoms with van der Waals surface area (Å²) in [4.78, 5) is 11.4. The first kappa shape index (κ1) is 10.4. The maximum Gasteiger partial charge on any atom is 0.250 e. The van der Waals surface area contributed by atoms with Crippen LogP contribution < -0.4 is 11.3 Å². The number of benzene rings is 1. The minimum Gasteiger partial charge on any atom is -0.396 e. The van der Waals surface area contributed by atoms with Crippen LogP contribution in [-0.2, 0) is 7.05 Å². The Morgan fingerprint density at radius 3 is 2.75 bits per heavy atom. The van der Waals surface area contributed by atoms with Gasteiger partial charge in [0.1, 0.15) is 0 Å². The fourth-order valence-corrected chi connectivity index (χ4v) is 1.49. The molecule has 0 spiro atoms. The van der Waals surface area contributed by atoms with Crippen molar-refractivity contribution < 1.29 is 4.39 Å². The summed E-state index contributed by atoms with van der Waals surface area (Å²) in [6.45, 7) is 0. The molecule has 0 radical (unpaired) electrons. The quantitative estimate of drug-likeness (QED) is 0.741. The van der Waals surface area contributed by atoms with Gasteiger partial charge in [0.05, 0.1) is 5.69 Å². The van der Waals surface area contributed by atoms with Crippen LogP contribution in [0.25, 0.3) is 11.1 Å². The summed E-state index contributed by atoms with van der Waals surface area (Å²) < 4.78 is 15.1. The average Bonchev–Trinajstić information content (AvgIpc) is 2.26. The third-order valence-corrected chi connectivity index (χ3v) is 2.44. The smallest absolute Gasteiger partial charge is 0.250 e.